The van der Waals surface area contributed by atoms with Crippen molar-refractivity contribution in [2.75, 3.05) is 51.8 Å². The Hall–Kier alpha value is -0.820. The Morgan fingerprint density at radius 2 is 0.962 bits per heavy atom. The summed E-state index contributed by atoms with van der Waals surface area (Å²) in [4.78, 5) is 14.9. The standard InChI is InChI=1S/C46H90N2O3S/c1-5-9-11-13-15-17-19-21-23-25-27-29-31-33-35-37-40-50-44-45(43-47-46(49)52-42-39-48(7-3)8-4)51-41-38-36-34-32-30-28-26-24-22-20-18-16-14-12-10-6-2/h21-24,45H,5-20,25-44H2,1-4H3,(H,47,49)/b23-21-,24-22-. The van der Waals surface area contributed by atoms with Crippen molar-refractivity contribution in [3.05, 3.63) is 24.3 Å². The minimum atomic E-state index is -0.0791. The minimum absolute atomic E-state index is 0.0475. The van der Waals surface area contributed by atoms with Crippen LogP contribution >= 0.6 is 11.8 Å². The number of nitrogens with zero attached hydrogens (tertiary/aromatic N) is 1. The van der Waals surface area contributed by atoms with Crippen LogP contribution in [0.15, 0.2) is 24.3 Å². The molecule has 1 atom stereocenters. The van der Waals surface area contributed by atoms with Crippen LogP contribution in [-0.4, -0.2) is 68.0 Å². The molecule has 0 radical (unpaired) electrons. The van der Waals surface area contributed by atoms with Gasteiger partial charge in [-0.3, -0.25) is 4.79 Å². The van der Waals surface area contributed by atoms with Crippen molar-refractivity contribution in [2.45, 2.75) is 214 Å². The molecule has 1 unspecified atom stereocenters. The van der Waals surface area contributed by atoms with E-state index < -0.39 is 0 Å². The highest BCUT2D eigenvalue weighted by atomic mass is 32.2. The molecule has 0 fully saturated rings. The van der Waals surface area contributed by atoms with Crippen molar-refractivity contribution in [1.29, 1.82) is 0 Å². The molecule has 0 aromatic carbocycles. The summed E-state index contributed by atoms with van der Waals surface area (Å²) in [5.41, 5.74) is 0. The molecule has 0 aliphatic heterocycles. The maximum atomic E-state index is 12.5. The predicted molar refractivity (Wildman–Crippen MR) is 233 cm³/mol. The zero-order valence-electron chi connectivity index (χ0n) is 35.4. The van der Waals surface area contributed by atoms with Crippen molar-refractivity contribution in [3.8, 4) is 0 Å². The summed E-state index contributed by atoms with van der Waals surface area (Å²) >= 11 is 1.38. The summed E-state index contributed by atoms with van der Waals surface area (Å²) in [6.07, 6.45) is 46.3. The van der Waals surface area contributed by atoms with Crippen molar-refractivity contribution < 1.29 is 14.3 Å². The second-order valence-corrected chi connectivity index (χ2v) is 16.1. The fourth-order valence-electron chi connectivity index (χ4n) is 6.49. The second-order valence-electron chi connectivity index (χ2n) is 15.0. The number of hydrogen-bond donors (Lipinski definition) is 1. The Bertz CT molecular complexity index is 758. The Kier molecular flexibility index (Phi) is 43.9. The predicted octanol–water partition coefficient (Wildman–Crippen LogP) is 14.2. The number of thioether (sulfide) groups is 1. The molecular formula is C46H90N2O3S. The fraction of sp³-hybridized carbons (Fsp3) is 0.891. The van der Waals surface area contributed by atoms with E-state index in [1.807, 2.05) is 0 Å². The van der Waals surface area contributed by atoms with Gasteiger partial charge in [-0.25, -0.2) is 0 Å². The molecule has 6 heteroatoms. The first-order valence-electron chi connectivity index (χ1n) is 22.8. The van der Waals surface area contributed by atoms with E-state index in [0.717, 1.165) is 51.4 Å². The third-order valence-electron chi connectivity index (χ3n) is 10.1. The molecule has 0 aliphatic carbocycles. The second kappa shape index (κ2) is 44.6. The topological polar surface area (TPSA) is 50.8 Å². The molecule has 0 saturated heterocycles. The van der Waals surface area contributed by atoms with Gasteiger partial charge in [0.2, 0.25) is 0 Å². The molecule has 0 rings (SSSR count). The maximum Gasteiger partial charge on any atom is 0.279 e. The van der Waals surface area contributed by atoms with E-state index in [9.17, 15) is 4.79 Å². The SMILES string of the molecule is CCCCCCCC/C=C\CCCCCCCCOCC(CNC(=O)SCCN(CC)CC)OCCCCCCCC/C=C\CCCCCCCC. The summed E-state index contributed by atoms with van der Waals surface area (Å²) in [7, 11) is 0. The molecule has 0 saturated carbocycles. The first kappa shape index (κ1) is 51.2. The van der Waals surface area contributed by atoms with Crippen LogP contribution in [0.5, 0.6) is 0 Å². The van der Waals surface area contributed by atoms with Gasteiger partial charge in [0.05, 0.1) is 12.7 Å². The molecule has 1 N–H and O–H groups in total. The largest absolute Gasteiger partial charge is 0.379 e. The van der Waals surface area contributed by atoms with Gasteiger partial charge in [0, 0.05) is 32.1 Å². The lowest BCUT2D eigenvalue weighted by atomic mass is 10.1. The van der Waals surface area contributed by atoms with E-state index in [-0.39, 0.29) is 11.3 Å². The number of carbonyl (C=O) groups excluding carboxylic acids is 1. The van der Waals surface area contributed by atoms with Crippen LogP contribution in [0.1, 0.15) is 207 Å². The van der Waals surface area contributed by atoms with E-state index in [2.05, 4.69) is 62.2 Å². The summed E-state index contributed by atoms with van der Waals surface area (Å²) in [5.74, 6) is 0.820. The number of hydrogen-bond acceptors (Lipinski definition) is 5. The molecule has 0 heterocycles. The molecule has 0 bridgehead atoms. The number of allylic oxidation sites excluding steroid dienone is 4. The van der Waals surface area contributed by atoms with Gasteiger partial charge >= 0.3 is 0 Å². The lowest BCUT2D eigenvalue weighted by Gasteiger charge is -2.19. The third-order valence-corrected chi connectivity index (χ3v) is 10.9. The van der Waals surface area contributed by atoms with Gasteiger partial charge in [0.15, 0.2) is 0 Å². The van der Waals surface area contributed by atoms with E-state index in [1.54, 1.807) is 0 Å². The van der Waals surface area contributed by atoms with Gasteiger partial charge in [-0.05, 0) is 77.3 Å². The van der Waals surface area contributed by atoms with Crippen LogP contribution in [0.4, 0.5) is 4.79 Å². The molecule has 308 valence electrons. The average Bonchev–Trinajstić information content (AvgIpc) is 3.15. The van der Waals surface area contributed by atoms with Crippen molar-refractivity contribution >= 4 is 17.0 Å². The molecule has 52 heavy (non-hydrogen) atoms. The highest BCUT2D eigenvalue weighted by molar-refractivity contribution is 8.13. The van der Waals surface area contributed by atoms with Crippen LogP contribution in [0.25, 0.3) is 0 Å². The molecule has 1 amide bonds. The van der Waals surface area contributed by atoms with Gasteiger partial charge in [-0.15, -0.1) is 0 Å². The van der Waals surface area contributed by atoms with Crippen molar-refractivity contribution in [1.82, 2.24) is 10.2 Å². The zero-order chi connectivity index (χ0) is 37.8. The number of ether oxygens (including phenoxy) is 2. The van der Waals surface area contributed by atoms with E-state index >= 15 is 0 Å². The van der Waals surface area contributed by atoms with Crippen LogP contribution in [0, 0.1) is 0 Å². The summed E-state index contributed by atoms with van der Waals surface area (Å²) in [6, 6.07) is 0. The summed E-state index contributed by atoms with van der Waals surface area (Å²) in [6.45, 7) is 14.5. The highest BCUT2D eigenvalue weighted by Crippen LogP contribution is 2.12. The molecular weight excluding hydrogens is 661 g/mol. The quantitative estimate of drug-likeness (QED) is 0.0497. The lowest BCUT2D eigenvalue weighted by Crippen LogP contribution is -2.35. The van der Waals surface area contributed by atoms with Gasteiger partial charge in [-0.1, -0.05) is 179 Å². The number of rotatable bonds is 42. The Morgan fingerprint density at radius 1 is 0.558 bits per heavy atom. The molecule has 5 nitrogen and oxygen atoms in total. The summed E-state index contributed by atoms with van der Waals surface area (Å²) in [5, 5.41) is 3.15. The van der Waals surface area contributed by atoms with Crippen molar-refractivity contribution in [2.24, 2.45) is 0 Å². The van der Waals surface area contributed by atoms with E-state index in [0.29, 0.717) is 13.2 Å². The van der Waals surface area contributed by atoms with Crippen LogP contribution in [-0.2, 0) is 9.47 Å². The Labute approximate surface area is 330 Å². The minimum Gasteiger partial charge on any atom is -0.379 e. The number of unbranched alkanes of at least 4 members (excludes halogenated alkanes) is 24. The highest BCUT2D eigenvalue weighted by Gasteiger charge is 2.12. The normalized spacial score (nSPS) is 12.6. The van der Waals surface area contributed by atoms with Crippen LogP contribution in [0.2, 0.25) is 0 Å². The van der Waals surface area contributed by atoms with Gasteiger partial charge in [0.1, 0.15) is 0 Å². The molecule has 0 aromatic heterocycles. The van der Waals surface area contributed by atoms with Crippen molar-refractivity contribution in [3.63, 3.8) is 0 Å². The first-order chi connectivity index (χ1) is 25.7. The van der Waals surface area contributed by atoms with Gasteiger partial charge in [0.25, 0.3) is 5.24 Å². The monoisotopic (exact) mass is 751 g/mol. The number of nitrogens with one attached hydrogen (secondary N) is 1. The zero-order valence-corrected chi connectivity index (χ0v) is 36.2. The molecule has 0 spiro atoms. The average molecular weight is 751 g/mol. The van der Waals surface area contributed by atoms with E-state index in [1.165, 1.54) is 179 Å². The van der Waals surface area contributed by atoms with E-state index in [4.69, 9.17) is 9.47 Å². The Morgan fingerprint density at radius 3 is 1.40 bits per heavy atom. The lowest BCUT2D eigenvalue weighted by molar-refractivity contribution is -0.0160. The van der Waals surface area contributed by atoms with Crippen LogP contribution < -0.4 is 5.32 Å². The fourth-order valence-corrected chi connectivity index (χ4v) is 7.21. The number of amides is 1. The number of carbonyl (C=O) groups is 1. The third kappa shape index (κ3) is 40.4. The van der Waals surface area contributed by atoms with Crippen LogP contribution in [0.3, 0.4) is 0 Å². The van der Waals surface area contributed by atoms with Gasteiger partial charge < -0.3 is 19.7 Å². The van der Waals surface area contributed by atoms with Gasteiger partial charge in [-0.2, -0.15) is 0 Å². The summed E-state index contributed by atoms with van der Waals surface area (Å²) < 4.78 is 12.3. The first-order valence-corrected chi connectivity index (χ1v) is 23.8. The Balaban J connectivity index is 4.05. The maximum absolute atomic E-state index is 12.5. The molecule has 0 aliphatic rings. The smallest absolute Gasteiger partial charge is 0.279 e. The molecule has 0 aromatic rings.